The third-order valence-corrected chi connectivity index (χ3v) is 3.87. The highest BCUT2D eigenvalue weighted by Crippen LogP contribution is 2.30. The van der Waals surface area contributed by atoms with Gasteiger partial charge in [0.15, 0.2) is 0 Å². The van der Waals surface area contributed by atoms with E-state index in [0.717, 1.165) is 24.3 Å². The lowest BCUT2D eigenvalue weighted by molar-refractivity contribution is 0.182. The predicted molar refractivity (Wildman–Crippen MR) is 87.6 cm³/mol. The van der Waals surface area contributed by atoms with Gasteiger partial charge in [-0.25, -0.2) is 4.39 Å². The van der Waals surface area contributed by atoms with Crippen LogP contribution in [0.2, 0.25) is 0 Å². The van der Waals surface area contributed by atoms with E-state index in [9.17, 15) is 4.39 Å². The van der Waals surface area contributed by atoms with Crippen molar-refractivity contribution in [3.63, 3.8) is 0 Å². The lowest BCUT2D eigenvalue weighted by atomic mass is 10.0. The van der Waals surface area contributed by atoms with Gasteiger partial charge in [0.2, 0.25) is 0 Å². The third-order valence-electron chi connectivity index (χ3n) is 3.87. The Morgan fingerprint density at radius 2 is 1.95 bits per heavy atom. The number of benzene rings is 1. The Morgan fingerprint density at radius 1 is 1.29 bits per heavy atom. The van der Waals surface area contributed by atoms with E-state index in [1.165, 1.54) is 0 Å². The van der Waals surface area contributed by atoms with Crippen LogP contribution < -0.4 is 10.2 Å². The first-order valence-corrected chi connectivity index (χ1v) is 7.75. The summed E-state index contributed by atoms with van der Waals surface area (Å²) >= 11 is 0. The van der Waals surface area contributed by atoms with E-state index in [1.807, 2.05) is 13.0 Å². The molecule has 0 aliphatic carbocycles. The minimum atomic E-state index is -0.144. The van der Waals surface area contributed by atoms with Crippen molar-refractivity contribution in [1.82, 2.24) is 5.32 Å². The highest BCUT2D eigenvalue weighted by molar-refractivity contribution is 5.57. The SMILES string of the molecule is CCNC(C)c1cc(F)c(C)cc1N(CC)C(C)COC. The monoisotopic (exact) mass is 296 g/mol. The van der Waals surface area contributed by atoms with Crippen LogP contribution in [-0.4, -0.2) is 32.8 Å². The number of ether oxygens (including phenoxy) is 1. The molecule has 1 aromatic carbocycles. The van der Waals surface area contributed by atoms with Gasteiger partial charge in [-0.2, -0.15) is 0 Å². The van der Waals surface area contributed by atoms with Crippen LogP contribution in [-0.2, 0) is 4.74 Å². The predicted octanol–water partition coefficient (Wildman–Crippen LogP) is 3.67. The summed E-state index contributed by atoms with van der Waals surface area (Å²) in [5.74, 6) is -0.144. The molecule has 4 heteroatoms. The molecule has 0 aromatic heterocycles. The standard InChI is InChI=1S/C17H29FN2O/c1-7-19-14(5)15-10-16(18)12(3)9-17(15)20(8-2)13(4)11-21-6/h9-10,13-14,19H,7-8,11H2,1-6H3. The Morgan fingerprint density at radius 3 is 2.48 bits per heavy atom. The fraction of sp³-hybridized carbons (Fsp3) is 0.647. The Balaban J connectivity index is 3.26. The van der Waals surface area contributed by atoms with Crippen LogP contribution in [0.1, 0.15) is 44.9 Å². The summed E-state index contributed by atoms with van der Waals surface area (Å²) < 4.78 is 19.3. The van der Waals surface area contributed by atoms with Gasteiger partial charge in [-0.15, -0.1) is 0 Å². The minimum Gasteiger partial charge on any atom is -0.383 e. The molecule has 0 amide bonds. The summed E-state index contributed by atoms with van der Waals surface area (Å²) in [7, 11) is 1.71. The van der Waals surface area contributed by atoms with E-state index in [-0.39, 0.29) is 17.9 Å². The highest BCUT2D eigenvalue weighted by atomic mass is 19.1. The van der Waals surface area contributed by atoms with Gasteiger partial charge >= 0.3 is 0 Å². The van der Waals surface area contributed by atoms with E-state index < -0.39 is 0 Å². The molecule has 0 saturated carbocycles. The fourth-order valence-corrected chi connectivity index (χ4v) is 2.74. The number of anilines is 1. The summed E-state index contributed by atoms with van der Waals surface area (Å²) in [6.45, 7) is 12.6. The van der Waals surface area contributed by atoms with E-state index in [0.29, 0.717) is 12.2 Å². The Kier molecular flexibility index (Phi) is 7.12. The van der Waals surface area contributed by atoms with Crippen LogP contribution >= 0.6 is 0 Å². The van der Waals surface area contributed by atoms with Gasteiger partial charge in [-0.05, 0) is 57.5 Å². The van der Waals surface area contributed by atoms with Gasteiger partial charge in [0.1, 0.15) is 5.82 Å². The number of hydrogen-bond donors (Lipinski definition) is 1. The normalized spacial score (nSPS) is 14.0. The number of halogens is 1. The molecule has 0 saturated heterocycles. The minimum absolute atomic E-state index is 0.115. The summed E-state index contributed by atoms with van der Waals surface area (Å²) in [6, 6.07) is 3.98. The van der Waals surface area contributed by atoms with Gasteiger partial charge in [0, 0.05) is 31.4 Å². The van der Waals surface area contributed by atoms with Crippen molar-refractivity contribution in [2.75, 3.05) is 31.7 Å². The topological polar surface area (TPSA) is 24.5 Å². The molecule has 0 heterocycles. The van der Waals surface area contributed by atoms with E-state index in [1.54, 1.807) is 13.2 Å². The molecule has 0 aliphatic heterocycles. The van der Waals surface area contributed by atoms with Crippen LogP contribution in [0, 0.1) is 12.7 Å². The number of nitrogens with zero attached hydrogens (tertiary/aromatic N) is 1. The summed E-state index contributed by atoms with van der Waals surface area (Å²) in [4.78, 5) is 2.28. The van der Waals surface area contributed by atoms with Crippen LogP contribution in [0.5, 0.6) is 0 Å². The molecule has 1 aromatic rings. The molecule has 0 bridgehead atoms. The average Bonchev–Trinajstić information content (AvgIpc) is 2.43. The van der Waals surface area contributed by atoms with E-state index >= 15 is 0 Å². The zero-order chi connectivity index (χ0) is 16.0. The van der Waals surface area contributed by atoms with Gasteiger partial charge in [-0.1, -0.05) is 6.92 Å². The van der Waals surface area contributed by atoms with Crippen molar-refractivity contribution in [3.05, 3.63) is 29.1 Å². The number of nitrogens with one attached hydrogen (secondary N) is 1. The highest BCUT2D eigenvalue weighted by Gasteiger charge is 2.20. The summed E-state index contributed by atoms with van der Waals surface area (Å²) in [5, 5.41) is 3.37. The lowest BCUT2D eigenvalue weighted by Gasteiger charge is -2.33. The fourth-order valence-electron chi connectivity index (χ4n) is 2.74. The van der Waals surface area contributed by atoms with Gasteiger partial charge < -0.3 is 15.0 Å². The number of hydrogen-bond acceptors (Lipinski definition) is 3. The zero-order valence-corrected chi connectivity index (χ0v) is 14.2. The number of rotatable bonds is 8. The van der Waals surface area contributed by atoms with Crippen LogP contribution in [0.15, 0.2) is 12.1 Å². The van der Waals surface area contributed by atoms with Crippen molar-refractivity contribution >= 4 is 5.69 Å². The molecular formula is C17H29FN2O. The first kappa shape index (κ1) is 17.9. The molecule has 0 radical (unpaired) electrons. The van der Waals surface area contributed by atoms with Crippen LogP contribution in [0.4, 0.5) is 10.1 Å². The first-order chi connectivity index (χ1) is 9.96. The van der Waals surface area contributed by atoms with E-state index in [2.05, 4.69) is 37.9 Å². The zero-order valence-electron chi connectivity index (χ0n) is 14.2. The van der Waals surface area contributed by atoms with Gasteiger partial charge in [-0.3, -0.25) is 0 Å². The first-order valence-electron chi connectivity index (χ1n) is 7.75. The summed E-state index contributed by atoms with van der Waals surface area (Å²) in [6.07, 6.45) is 0. The number of likely N-dealkylation sites (N-methyl/N-ethyl adjacent to an activating group) is 1. The molecule has 2 atom stereocenters. The molecule has 0 spiro atoms. The Labute approximate surface area is 128 Å². The Hall–Kier alpha value is -1.13. The molecule has 1 N–H and O–H groups in total. The molecule has 0 fully saturated rings. The largest absolute Gasteiger partial charge is 0.383 e. The molecule has 21 heavy (non-hydrogen) atoms. The van der Waals surface area contributed by atoms with Crippen molar-refractivity contribution in [2.45, 2.75) is 46.7 Å². The molecule has 120 valence electrons. The second-order valence-electron chi connectivity index (χ2n) is 5.53. The van der Waals surface area contributed by atoms with Crippen molar-refractivity contribution in [3.8, 4) is 0 Å². The summed E-state index contributed by atoms with van der Waals surface area (Å²) in [5.41, 5.74) is 2.78. The molecule has 0 aliphatic rings. The lowest BCUT2D eigenvalue weighted by Crippen LogP contribution is -2.37. The van der Waals surface area contributed by atoms with Crippen molar-refractivity contribution in [1.29, 1.82) is 0 Å². The molecular weight excluding hydrogens is 267 g/mol. The van der Waals surface area contributed by atoms with Crippen molar-refractivity contribution < 1.29 is 9.13 Å². The van der Waals surface area contributed by atoms with Gasteiger partial charge in [0.05, 0.1) is 6.61 Å². The number of methoxy groups -OCH3 is 1. The molecule has 1 rings (SSSR count). The third kappa shape index (κ3) is 4.42. The smallest absolute Gasteiger partial charge is 0.126 e. The van der Waals surface area contributed by atoms with Gasteiger partial charge in [0.25, 0.3) is 0 Å². The maximum absolute atomic E-state index is 14.0. The second kappa shape index (κ2) is 8.35. The van der Waals surface area contributed by atoms with Crippen LogP contribution in [0.25, 0.3) is 0 Å². The Bertz CT molecular complexity index is 451. The maximum Gasteiger partial charge on any atom is 0.126 e. The van der Waals surface area contributed by atoms with Crippen LogP contribution in [0.3, 0.4) is 0 Å². The average molecular weight is 296 g/mol. The molecule has 2 unspecified atom stereocenters. The van der Waals surface area contributed by atoms with E-state index in [4.69, 9.17) is 4.74 Å². The number of aryl methyl sites for hydroxylation is 1. The quantitative estimate of drug-likeness (QED) is 0.792. The molecule has 3 nitrogen and oxygen atoms in total. The second-order valence-corrected chi connectivity index (χ2v) is 5.53. The van der Waals surface area contributed by atoms with Crippen molar-refractivity contribution in [2.24, 2.45) is 0 Å². The maximum atomic E-state index is 14.0.